The smallest absolute Gasteiger partial charge is 0.416 e. The van der Waals surface area contributed by atoms with Gasteiger partial charge in [-0.25, -0.2) is 9.78 Å². The molecule has 0 bridgehead atoms. The zero-order valence-electron chi connectivity index (χ0n) is 13.6. The summed E-state index contributed by atoms with van der Waals surface area (Å²) < 4.78 is 38.5. The molecule has 1 aromatic heterocycles. The third-order valence-electron chi connectivity index (χ3n) is 4.38. The normalized spacial score (nSPS) is 16.8. The second kappa shape index (κ2) is 6.39. The standard InChI is InChI=1S/C17H15F3N2O3S/c1-16(15(24)25,10-5-6-10)22-13(23)12-8-26-14(21-12)9-3-2-4-11(7-9)17(18,19)20/h2-4,7-8,10H,5-6H2,1H3,(H,22,23)(H,24,25). The lowest BCUT2D eigenvalue weighted by molar-refractivity contribution is -0.144. The Bertz CT molecular complexity index is 861. The first kappa shape index (κ1) is 18.4. The van der Waals surface area contributed by atoms with E-state index in [2.05, 4.69) is 10.3 Å². The maximum absolute atomic E-state index is 12.8. The Morgan fingerprint density at radius 3 is 2.58 bits per heavy atom. The van der Waals surface area contributed by atoms with Gasteiger partial charge in [0.15, 0.2) is 0 Å². The Kier molecular flexibility index (Phi) is 4.51. The topological polar surface area (TPSA) is 79.3 Å². The van der Waals surface area contributed by atoms with Crippen molar-refractivity contribution in [2.75, 3.05) is 0 Å². The molecule has 0 saturated heterocycles. The Morgan fingerprint density at radius 2 is 2.00 bits per heavy atom. The first-order chi connectivity index (χ1) is 12.1. The van der Waals surface area contributed by atoms with Gasteiger partial charge in [0.1, 0.15) is 16.2 Å². The zero-order chi connectivity index (χ0) is 19.1. The molecule has 1 atom stereocenters. The molecule has 1 unspecified atom stereocenters. The summed E-state index contributed by atoms with van der Waals surface area (Å²) in [6, 6.07) is 4.67. The lowest BCUT2D eigenvalue weighted by Gasteiger charge is -2.25. The molecule has 1 aromatic carbocycles. The number of thiazole rings is 1. The van der Waals surface area contributed by atoms with Crippen LogP contribution in [0.5, 0.6) is 0 Å². The zero-order valence-corrected chi connectivity index (χ0v) is 14.4. The highest BCUT2D eigenvalue weighted by atomic mass is 32.1. The van der Waals surface area contributed by atoms with E-state index in [1.165, 1.54) is 24.4 Å². The van der Waals surface area contributed by atoms with E-state index >= 15 is 0 Å². The molecule has 2 N–H and O–H groups in total. The number of benzene rings is 1. The number of rotatable bonds is 5. The van der Waals surface area contributed by atoms with Crippen LogP contribution in [0.3, 0.4) is 0 Å². The summed E-state index contributed by atoms with van der Waals surface area (Å²) >= 11 is 1.02. The van der Waals surface area contributed by atoms with Crippen LogP contribution in [0.15, 0.2) is 29.6 Å². The van der Waals surface area contributed by atoms with Crippen molar-refractivity contribution >= 4 is 23.2 Å². The number of halogens is 3. The number of carboxylic acid groups (broad SMARTS) is 1. The maximum atomic E-state index is 12.8. The lowest BCUT2D eigenvalue weighted by atomic mass is 9.96. The minimum absolute atomic E-state index is 0.0180. The minimum Gasteiger partial charge on any atom is -0.480 e. The van der Waals surface area contributed by atoms with Crippen molar-refractivity contribution < 1.29 is 27.9 Å². The molecule has 1 fully saturated rings. The molecule has 9 heteroatoms. The predicted molar refractivity (Wildman–Crippen MR) is 88.8 cm³/mol. The number of aromatic nitrogens is 1. The summed E-state index contributed by atoms with van der Waals surface area (Å²) in [5, 5.41) is 13.5. The van der Waals surface area contributed by atoms with Crippen LogP contribution >= 0.6 is 11.3 Å². The van der Waals surface area contributed by atoms with E-state index in [4.69, 9.17) is 0 Å². The van der Waals surface area contributed by atoms with Gasteiger partial charge in [-0.15, -0.1) is 11.3 Å². The van der Waals surface area contributed by atoms with Gasteiger partial charge in [0, 0.05) is 10.9 Å². The molecule has 3 rings (SSSR count). The van der Waals surface area contributed by atoms with E-state index < -0.39 is 29.2 Å². The summed E-state index contributed by atoms with van der Waals surface area (Å²) in [5.74, 6) is -1.91. The first-order valence-corrected chi connectivity index (χ1v) is 8.68. The summed E-state index contributed by atoms with van der Waals surface area (Å²) in [6.07, 6.45) is -3.04. The number of carbonyl (C=O) groups is 2. The Balaban J connectivity index is 1.82. The van der Waals surface area contributed by atoms with Crippen LogP contribution in [-0.2, 0) is 11.0 Å². The fourth-order valence-corrected chi connectivity index (χ4v) is 3.43. The van der Waals surface area contributed by atoms with Gasteiger partial charge in [0.25, 0.3) is 5.91 Å². The van der Waals surface area contributed by atoms with E-state index in [-0.39, 0.29) is 22.2 Å². The fourth-order valence-electron chi connectivity index (χ4n) is 2.63. The van der Waals surface area contributed by atoms with Crippen LogP contribution in [-0.4, -0.2) is 27.5 Å². The highest BCUT2D eigenvalue weighted by Gasteiger charge is 2.48. The third-order valence-corrected chi connectivity index (χ3v) is 5.28. The van der Waals surface area contributed by atoms with Crippen molar-refractivity contribution in [3.63, 3.8) is 0 Å². The second-order valence-electron chi connectivity index (χ2n) is 6.35. The molecule has 1 amide bonds. The van der Waals surface area contributed by atoms with Crippen molar-refractivity contribution in [1.82, 2.24) is 10.3 Å². The average molecular weight is 384 g/mol. The first-order valence-electron chi connectivity index (χ1n) is 7.80. The third kappa shape index (κ3) is 3.57. The van der Waals surface area contributed by atoms with Crippen molar-refractivity contribution in [2.45, 2.75) is 31.5 Å². The Hall–Kier alpha value is -2.42. The molecule has 26 heavy (non-hydrogen) atoms. The number of carbonyl (C=O) groups excluding carboxylic acids is 1. The van der Waals surface area contributed by atoms with Gasteiger partial charge < -0.3 is 10.4 Å². The molecule has 2 aromatic rings. The van der Waals surface area contributed by atoms with Crippen LogP contribution in [0.4, 0.5) is 13.2 Å². The van der Waals surface area contributed by atoms with Gasteiger partial charge >= 0.3 is 12.1 Å². The van der Waals surface area contributed by atoms with Crippen molar-refractivity contribution in [1.29, 1.82) is 0 Å². The number of carboxylic acids is 1. The molecule has 0 radical (unpaired) electrons. The molecular weight excluding hydrogens is 369 g/mol. The summed E-state index contributed by atoms with van der Waals surface area (Å²) in [5.41, 5.74) is -1.96. The monoisotopic (exact) mass is 384 g/mol. The highest BCUT2D eigenvalue weighted by molar-refractivity contribution is 7.13. The molecule has 0 spiro atoms. The van der Waals surface area contributed by atoms with Crippen molar-refractivity contribution in [3.8, 4) is 10.6 Å². The number of nitrogens with zero attached hydrogens (tertiary/aromatic N) is 1. The van der Waals surface area contributed by atoms with Crippen LogP contribution < -0.4 is 5.32 Å². The van der Waals surface area contributed by atoms with Crippen LogP contribution in [0.2, 0.25) is 0 Å². The number of hydrogen-bond donors (Lipinski definition) is 2. The molecule has 1 saturated carbocycles. The Labute approximate surface area is 150 Å². The summed E-state index contributed by atoms with van der Waals surface area (Å²) in [7, 11) is 0. The second-order valence-corrected chi connectivity index (χ2v) is 7.21. The largest absolute Gasteiger partial charge is 0.480 e. The molecule has 1 aliphatic carbocycles. The SMILES string of the molecule is CC(NC(=O)c1csc(-c2cccc(C(F)(F)F)c2)n1)(C(=O)O)C1CC1. The molecule has 1 heterocycles. The molecule has 5 nitrogen and oxygen atoms in total. The van der Waals surface area contributed by atoms with E-state index in [0.717, 1.165) is 36.3 Å². The van der Waals surface area contributed by atoms with Gasteiger partial charge in [-0.2, -0.15) is 13.2 Å². The maximum Gasteiger partial charge on any atom is 0.416 e. The van der Waals surface area contributed by atoms with E-state index in [1.807, 2.05) is 0 Å². The number of hydrogen-bond acceptors (Lipinski definition) is 4. The predicted octanol–water partition coefficient (Wildman–Crippen LogP) is 3.81. The summed E-state index contributed by atoms with van der Waals surface area (Å²) in [6.45, 7) is 1.45. The molecule has 1 aliphatic rings. The van der Waals surface area contributed by atoms with Gasteiger partial charge in [0.05, 0.1) is 5.56 Å². The quantitative estimate of drug-likeness (QED) is 0.822. The number of amides is 1. The molecular formula is C17H15F3N2O3S. The van der Waals surface area contributed by atoms with Crippen molar-refractivity contribution in [3.05, 3.63) is 40.9 Å². The van der Waals surface area contributed by atoms with E-state index in [1.54, 1.807) is 0 Å². The molecule has 0 aliphatic heterocycles. The molecule has 138 valence electrons. The van der Waals surface area contributed by atoms with Gasteiger partial charge in [-0.05, 0) is 37.8 Å². The van der Waals surface area contributed by atoms with Crippen molar-refractivity contribution in [2.24, 2.45) is 5.92 Å². The van der Waals surface area contributed by atoms with Crippen LogP contribution in [0.1, 0.15) is 35.8 Å². The van der Waals surface area contributed by atoms with E-state index in [0.29, 0.717) is 0 Å². The number of nitrogens with one attached hydrogen (secondary N) is 1. The number of aliphatic carboxylic acids is 1. The van der Waals surface area contributed by atoms with Gasteiger partial charge in [0.2, 0.25) is 0 Å². The van der Waals surface area contributed by atoms with Crippen LogP contribution in [0.25, 0.3) is 10.6 Å². The van der Waals surface area contributed by atoms with Gasteiger partial charge in [-0.3, -0.25) is 4.79 Å². The van der Waals surface area contributed by atoms with Crippen LogP contribution in [0, 0.1) is 5.92 Å². The lowest BCUT2D eigenvalue weighted by Crippen LogP contribution is -2.54. The number of alkyl halides is 3. The van der Waals surface area contributed by atoms with E-state index in [9.17, 15) is 27.9 Å². The highest BCUT2D eigenvalue weighted by Crippen LogP contribution is 2.40. The summed E-state index contributed by atoms with van der Waals surface area (Å²) in [4.78, 5) is 27.9. The fraction of sp³-hybridized carbons (Fsp3) is 0.353. The average Bonchev–Trinajstić information content (AvgIpc) is 3.31. The minimum atomic E-state index is -4.47. The Morgan fingerprint density at radius 1 is 1.31 bits per heavy atom. The van der Waals surface area contributed by atoms with Gasteiger partial charge in [-0.1, -0.05) is 12.1 Å².